The van der Waals surface area contributed by atoms with E-state index >= 15 is 0 Å². The Hall–Kier alpha value is -0.810. The van der Waals surface area contributed by atoms with Crippen molar-refractivity contribution in [2.24, 2.45) is 0 Å². The van der Waals surface area contributed by atoms with E-state index in [-0.39, 0.29) is 10.8 Å². The summed E-state index contributed by atoms with van der Waals surface area (Å²) < 4.78 is 5.78. The quantitative estimate of drug-likeness (QED) is 0.661. The van der Waals surface area contributed by atoms with Crippen molar-refractivity contribution in [2.75, 3.05) is 0 Å². The molecule has 1 aromatic heterocycles. The number of fused-ring (bicyclic) bond motifs is 1. The number of esters is 1. The van der Waals surface area contributed by atoms with Crippen LogP contribution in [0.15, 0.2) is 12.1 Å². The molecular weight excluding hydrogens is 307 g/mol. The van der Waals surface area contributed by atoms with Gasteiger partial charge >= 0.3 is 5.97 Å². The zero-order valence-corrected chi connectivity index (χ0v) is 12.9. The van der Waals surface area contributed by atoms with Crippen LogP contribution >= 0.6 is 34.5 Å². The van der Waals surface area contributed by atoms with Crippen molar-refractivity contribution in [3.63, 3.8) is 0 Å². The smallest absolute Gasteiger partial charge is 0.308 e. The van der Waals surface area contributed by atoms with Gasteiger partial charge in [-0.2, -0.15) is 0 Å². The summed E-state index contributed by atoms with van der Waals surface area (Å²) in [7, 11) is 0. The fourth-order valence-electron chi connectivity index (χ4n) is 1.63. The van der Waals surface area contributed by atoms with Crippen LogP contribution < -0.4 is 4.74 Å². The highest BCUT2D eigenvalue weighted by Crippen LogP contribution is 2.44. The molecule has 1 heterocycles. The molecule has 0 fully saturated rings. The third-order valence-electron chi connectivity index (χ3n) is 2.51. The SMILES string of the molecule is CC(=O)Oc1cc2cc(C(C)(C)O)sc2c(Cl)c1Cl. The number of halogens is 2. The Balaban J connectivity index is 2.66. The topological polar surface area (TPSA) is 46.5 Å². The third-order valence-corrected chi connectivity index (χ3v) is 4.96. The summed E-state index contributed by atoms with van der Waals surface area (Å²) in [5.41, 5.74) is -0.957. The highest BCUT2D eigenvalue weighted by Gasteiger charge is 2.22. The van der Waals surface area contributed by atoms with Gasteiger partial charge in [-0.3, -0.25) is 4.79 Å². The van der Waals surface area contributed by atoms with Gasteiger partial charge in [0, 0.05) is 11.8 Å². The molecule has 1 aromatic carbocycles. The van der Waals surface area contributed by atoms with Crippen molar-refractivity contribution in [3.8, 4) is 5.75 Å². The van der Waals surface area contributed by atoms with E-state index < -0.39 is 11.6 Å². The molecule has 0 saturated carbocycles. The minimum absolute atomic E-state index is 0.202. The van der Waals surface area contributed by atoms with Crippen molar-refractivity contribution in [1.29, 1.82) is 0 Å². The van der Waals surface area contributed by atoms with E-state index in [9.17, 15) is 9.90 Å². The van der Waals surface area contributed by atoms with Gasteiger partial charge in [-0.1, -0.05) is 23.2 Å². The standard InChI is InChI=1S/C13H12Cl2O3S/c1-6(16)18-8-4-7-5-9(13(2,3)17)19-12(7)11(15)10(8)14/h4-5,17H,1-3H3. The van der Waals surface area contributed by atoms with Gasteiger partial charge in [-0.25, -0.2) is 0 Å². The largest absolute Gasteiger partial charge is 0.425 e. The fourth-order valence-corrected chi connectivity index (χ4v) is 3.27. The molecule has 19 heavy (non-hydrogen) atoms. The summed E-state index contributed by atoms with van der Waals surface area (Å²) in [6, 6.07) is 3.46. The fraction of sp³-hybridized carbons (Fsp3) is 0.308. The molecule has 1 N–H and O–H groups in total. The van der Waals surface area contributed by atoms with Crippen molar-refractivity contribution < 1.29 is 14.6 Å². The number of benzene rings is 1. The number of thiophene rings is 1. The number of hydrogen-bond acceptors (Lipinski definition) is 4. The molecule has 0 radical (unpaired) electrons. The van der Waals surface area contributed by atoms with Crippen LogP contribution in [0.2, 0.25) is 10.0 Å². The van der Waals surface area contributed by atoms with Crippen LogP contribution in [0, 0.1) is 0 Å². The zero-order valence-electron chi connectivity index (χ0n) is 10.6. The number of aliphatic hydroxyl groups is 1. The minimum Gasteiger partial charge on any atom is -0.425 e. The molecule has 2 aromatic rings. The van der Waals surface area contributed by atoms with E-state index in [0.29, 0.717) is 5.02 Å². The maximum atomic E-state index is 11.0. The van der Waals surface area contributed by atoms with Gasteiger partial charge in [0.2, 0.25) is 0 Å². The lowest BCUT2D eigenvalue weighted by atomic mass is 10.1. The highest BCUT2D eigenvalue weighted by atomic mass is 35.5. The first-order valence-corrected chi connectivity index (χ1v) is 7.10. The molecule has 0 unspecified atom stereocenters. The Morgan fingerprint density at radius 3 is 2.47 bits per heavy atom. The number of ether oxygens (including phenoxy) is 1. The van der Waals surface area contributed by atoms with E-state index in [1.54, 1.807) is 19.9 Å². The van der Waals surface area contributed by atoms with Crippen molar-refractivity contribution in [1.82, 2.24) is 0 Å². The molecule has 0 aliphatic rings. The summed E-state index contributed by atoms with van der Waals surface area (Å²) in [6.45, 7) is 4.69. The van der Waals surface area contributed by atoms with Crippen LogP contribution in [0.1, 0.15) is 25.6 Å². The van der Waals surface area contributed by atoms with Crippen LogP contribution in [-0.2, 0) is 10.4 Å². The number of hydrogen-bond donors (Lipinski definition) is 1. The summed E-state index contributed by atoms with van der Waals surface area (Å²) in [5.74, 6) is -0.234. The van der Waals surface area contributed by atoms with Crippen LogP contribution in [0.5, 0.6) is 5.75 Å². The first-order valence-electron chi connectivity index (χ1n) is 5.53. The van der Waals surface area contributed by atoms with Gasteiger partial charge in [0.15, 0.2) is 5.75 Å². The zero-order chi connectivity index (χ0) is 14.4. The maximum Gasteiger partial charge on any atom is 0.308 e. The van der Waals surface area contributed by atoms with E-state index in [0.717, 1.165) is 15.0 Å². The van der Waals surface area contributed by atoms with Gasteiger partial charge in [-0.05, 0) is 31.4 Å². The lowest BCUT2D eigenvalue weighted by Crippen LogP contribution is -2.12. The van der Waals surface area contributed by atoms with Crippen LogP contribution in [0.25, 0.3) is 10.1 Å². The Morgan fingerprint density at radius 2 is 1.95 bits per heavy atom. The van der Waals surface area contributed by atoms with Crippen molar-refractivity contribution in [3.05, 3.63) is 27.1 Å². The van der Waals surface area contributed by atoms with Gasteiger partial charge in [0.1, 0.15) is 5.02 Å². The molecule has 0 spiro atoms. The summed E-state index contributed by atoms with van der Waals surface area (Å²) in [4.78, 5) is 11.8. The second-order valence-corrected chi connectivity index (χ2v) is 6.49. The molecule has 0 aliphatic heterocycles. The number of carbonyl (C=O) groups is 1. The predicted molar refractivity (Wildman–Crippen MR) is 78.4 cm³/mol. The van der Waals surface area contributed by atoms with Crippen molar-refractivity contribution >= 4 is 50.6 Å². The molecule has 102 valence electrons. The molecule has 0 aliphatic carbocycles. The first-order chi connectivity index (χ1) is 8.70. The molecular formula is C13H12Cl2O3S. The lowest BCUT2D eigenvalue weighted by molar-refractivity contribution is -0.131. The summed E-state index contributed by atoms with van der Waals surface area (Å²) in [6.07, 6.45) is 0. The number of carbonyl (C=O) groups excluding carboxylic acids is 1. The van der Waals surface area contributed by atoms with E-state index in [4.69, 9.17) is 27.9 Å². The third kappa shape index (κ3) is 2.87. The maximum absolute atomic E-state index is 11.0. The predicted octanol–water partition coefficient (Wildman–Crippen LogP) is 4.36. The molecule has 6 heteroatoms. The van der Waals surface area contributed by atoms with Gasteiger partial charge in [-0.15, -0.1) is 11.3 Å². The van der Waals surface area contributed by atoms with Gasteiger partial charge in [0.05, 0.1) is 15.3 Å². The molecule has 3 nitrogen and oxygen atoms in total. The van der Waals surface area contributed by atoms with E-state index in [1.165, 1.54) is 18.3 Å². The average Bonchev–Trinajstić information content (AvgIpc) is 2.68. The first kappa shape index (κ1) is 14.6. The Kier molecular flexibility index (Phi) is 3.80. The second-order valence-electron chi connectivity index (χ2n) is 4.68. The average molecular weight is 319 g/mol. The van der Waals surface area contributed by atoms with E-state index in [2.05, 4.69) is 0 Å². The number of rotatable bonds is 2. The van der Waals surface area contributed by atoms with E-state index in [1.807, 2.05) is 6.07 Å². The highest BCUT2D eigenvalue weighted by molar-refractivity contribution is 7.20. The monoisotopic (exact) mass is 318 g/mol. The van der Waals surface area contributed by atoms with Crippen LogP contribution in [0.3, 0.4) is 0 Å². The van der Waals surface area contributed by atoms with Crippen LogP contribution in [0.4, 0.5) is 0 Å². The molecule has 2 rings (SSSR count). The summed E-state index contributed by atoms with van der Waals surface area (Å²) >= 11 is 13.6. The summed E-state index contributed by atoms with van der Waals surface area (Å²) in [5, 5.41) is 11.3. The van der Waals surface area contributed by atoms with Gasteiger partial charge < -0.3 is 9.84 Å². The van der Waals surface area contributed by atoms with Crippen LogP contribution in [-0.4, -0.2) is 11.1 Å². The molecule has 0 atom stereocenters. The minimum atomic E-state index is -0.957. The van der Waals surface area contributed by atoms with Crippen molar-refractivity contribution in [2.45, 2.75) is 26.4 Å². The Morgan fingerprint density at radius 1 is 1.32 bits per heavy atom. The second kappa shape index (κ2) is 4.94. The lowest BCUT2D eigenvalue weighted by Gasteiger charge is -2.13. The normalized spacial score (nSPS) is 11.9. The molecule has 0 saturated heterocycles. The molecule has 0 bridgehead atoms. The Bertz CT molecular complexity index is 656. The Labute approximate surface area is 124 Å². The molecule has 0 amide bonds. The van der Waals surface area contributed by atoms with Gasteiger partial charge in [0.25, 0.3) is 0 Å².